The third-order valence-electron chi connectivity index (χ3n) is 4.45. The highest BCUT2D eigenvalue weighted by Gasteiger charge is 2.39. The van der Waals surface area contributed by atoms with Gasteiger partial charge in [0.05, 0.1) is 4.92 Å². The lowest BCUT2D eigenvalue weighted by Gasteiger charge is -2.21. The second-order valence-electron chi connectivity index (χ2n) is 5.57. The van der Waals surface area contributed by atoms with Gasteiger partial charge in [-0.2, -0.15) is 0 Å². The zero-order chi connectivity index (χ0) is 13.4. The van der Waals surface area contributed by atoms with Gasteiger partial charge in [-0.25, -0.2) is 4.98 Å². The van der Waals surface area contributed by atoms with Crippen molar-refractivity contribution in [1.29, 1.82) is 0 Å². The lowest BCUT2D eigenvalue weighted by atomic mass is 9.89. The minimum absolute atomic E-state index is 0.00689. The van der Waals surface area contributed by atoms with Crippen molar-refractivity contribution in [3.05, 3.63) is 27.4 Å². The number of nitro groups is 1. The van der Waals surface area contributed by atoms with Crippen LogP contribution in [0.15, 0.2) is 12.1 Å². The van der Waals surface area contributed by atoms with Gasteiger partial charge in [0.15, 0.2) is 0 Å². The van der Waals surface area contributed by atoms with Gasteiger partial charge in [0.2, 0.25) is 5.82 Å². The number of anilines is 1. The van der Waals surface area contributed by atoms with Crippen molar-refractivity contribution in [2.24, 2.45) is 17.8 Å². The monoisotopic (exact) mass is 281 g/mol. The van der Waals surface area contributed by atoms with Gasteiger partial charge in [0.25, 0.3) is 0 Å². The van der Waals surface area contributed by atoms with E-state index >= 15 is 0 Å². The van der Waals surface area contributed by atoms with E-state index in [1.807, 2.05) is 0 Å². The first-order valence-electron chi connectivity index (χ1n) is 6.68. The predicted molar refractivity (Wildman–Crippen MR) is 73.3 cm³/mol. The molecule has 1 aromatic rings. The van der Waals surface area contributed by atoms with E-state index in [4.69, 9.17) is 11.6 Å². The number of fused-ring (bicyclic) bond motifs is 2. The Morgan fingerprint density at radius 2 is 2.26 bits per heavy atom. The average Bonchev–Trinajstić information content (AvgIpc) is 2.98. The van der Waals surface area contributed by atoms with E-state index < -0.39 is 4.92 Å². The summed E-state index contributed by atoms with van der Waals surface area (Å²) in [5.41, 5.74) is -0.00689. The molecule has 5 nitrogen and oxygen atoms in total. The summed E-state index contributed by atoms with van der Waals surface area (Å²) in [7, 11) is 0. The van der Waals surface area contributed by atoms with E-state index in [2.05, 4.69) is 10.3 Å². The molecule has 0 radical (unpaired) electrons. The Hall–Kier alpha value is -1.36. The van der Waals surface area contributed by atoms with Gasteiger partial charge in [-0.3, -0.25) is 10.1 Å². The Bertz CT molecular complexity index is 509. The quantitative estimate of drug-likeness (QED) is 0.521. The van der Waals surface area contributed by atoms with Gasteiger partial charge < -0.3 is 5.32 Å². The molecule has 0 spiro atoms. The van der Waals surface area contributed by atoms with Crippen LogP contribution in [0, 0.1) is 27.9 Å². The molecule has 3 unspecified atom stereocenters. The summed E-state index contributed by atoms with van der Waals surface area (Å²) < 4.78 is 0. The molecule has 0 aliphatic heterocycles. The Balaban J connectivity index is 1.69. The van der Waals surface area contributed by atoms with Crippen LogP contribution in [0.3, 0.4) is 0 Å². The highest BCUT2D eigenvalue weighted by Crippen LogP contribution is 2.48. The maximum absolute atomic E-state index is 10.9. The molecule has 0 saturated heterocycles. The molecule has 2 aliphatic carbocycles. The van der Waals surface area contributed by atoms with Gasteiger partial charge in [0.1, 0.15) is 5.15 Å². The molecule has 1 aromatic heterocycles. The summed E-state index contributed by atoms with van der Waals surface area (Å²) in [6, 6.07) is 2.85. The summed E-state index contributed by atoms with van der Waals surface area (Å²) in [5.74, 6) is 2.58. The molecular formula is C13H16ClN3O2. The van der Waals surface area contributed by atoms with Gasteiger partial charge in [-0.15, -0.1) is 0 Å². The van der Waals surface area contributed by atoms with Crippen molar-refractivity contribution < 1.29 is 4.92 Å². The number of aromatic nitrogens is 1. The lowest BCUT2D eigenvalue weighted by Crippen LogP contribution is -2.21. The normalized spacial score (nSPS) is 28.6. The van der Waals surface area contributed by atoms with Crippen molar-refractivity contribution in [2.45, 2.75) is 25.7 Å². The minimum atomic E-state index is -0.424. The zero-order valence-electron chi connectivity index (χ0n) is 10.5. The summed E-state index contributed by atoms with van der Waals surface area (Å²) in [6.45, 7) is 0.759. The molecule has 2 saturated carbocycles. The van der Waals surface area contributed by atoms with E-state index in [1.165, 1.54) is 37.8 Å². The highest BCUT2D eigenvalue weighted by atomic mass is 35.5. The molecule has 102 valence electrons. The topological polar surface area (TPSA) is 68.1 Å². The van der Waals surface area contributed by atoms with Crippen molar-refractivity contribution in [3.8, 4) is 0 Å². The highest BCUT2D eigenvalue weighted by molar-refractivity contribution is 6.29. The number of nitrogens with one attached hydrogen (secondary N) is 1. The zero-order valence-corrected chi connectivity index (χ0v) is 11.3. The number of hydrogen-bond donors (Lipinski definition) is 1. The van der Waals surface area contributed by atoms with Crippen LogP contribution in [0.4, 0.5) is 11.5 Å². The van der Waals surface area contributed by atoms with Crippen molar-refractivity contribution in [1.82, 2.24) is 4.98 Å². The molecule has 19 heavy (non-hydrogen) atoms. The van der Waals surface area contributed by atoms with Gasteiger partial charge in [-0.05, 0) is 43.1 Å². The van der Waals surface area contributed by atoms with E-state index in [9.17, 15) is 10.1 Å². The molecular weight excluding hydrogens is 266 g/mol. The maximum Gasteiger partial charge on any atom is 0.311 e. The predicted octanol–water partition coefficient (Wildman–Crippen LogP) is 3.49. The number of rotatable bonds is 4. The molecule has 0 aromatic carbocycles. The van der Waals surface area contributed by atoms with Crippen LogP contribution < -0.4 is 5.32 Å². The largest absolute Gasteiger partial charge is 0.364 e. The molecule has 1 heterocycles. The summed E-state index contributed by atoms with van der Waals surface area (Å²) in [4.78, 5) is 14.5. The van der Waals surface area contributed by atoms with Crippen molar-refractivity contribution in [2.75, 3.05) is 11.9 Å². The van der Waals surface area contributed by atoms with Crippen LogP contribution in [0.2, 0.25) is 5.15 Å². The van der Waals surface area contributed by atoms with Gasteiger partial charge >= 0.3 is 5.69 Å². The SMILES string of the molecule is O=[N+]([O-])c1ccc(Cl)nc1NCC1CC2CCC1C2. The average molecular weight is 282 g/mol. The fourth-order valence-electron chi connectivity index (χ4n) is 3.56. The first kappa shape index (κ1) is 12.7. The first-order chi connectivity index (χ1) is 9.13. The first-order valence-corrected chi connectivity index (χ1v) is 7.06. The number of nitrogens with zero attached hydrogens (tertiary/aromatic N) is 2. The summed E-state index contributed by atoms with van der Waals surface area (Å²) in [5, 5.41) is 14.3. The molecule has 2 bridgehead atoms. The Morgan fingerprint density at radius 1 is 1.42 bits per heavy atom. The second-order valence-corrected chi connectivity index (χ2v) is 5.96. The fourth-order valence-corrected chi connectivity index (χ4v) is 3.71. The number of halogens is 1. The standard InChI is InChI=1S/C13H16ClN3O2/c14-12-4-3-11(17(18)19)13(16-12)15-7-10-6-8-1-2-9(10)5-8/h3-4,8-10H,1-2,5-7H2,(H,15,16). The lowest BCUT2D eigenvalue weighted by molar-refractivity contribution is -0.384. The van der Waals surface area contributed by atoms with Gasteiger partial charge in [0, 0.05) is 12.6 Å². The smallest absolute Gasteiger partial charge is 0.311 e. The molecule has 2 fully saturated rings. The van der Waals surface area contributed by atoms with Crippen LogP contribution in [0.25, 0.3) is 0 Å². The Labute approximate surface area is 116 Å². The number of hydrogen-bond acceptors (Lipinski definition) is 4. The summed E-state index contributed by atoms with van der Waals surface area (Å²) >= 11 is 5.81. The van der Waals surface area contributed by atoms with Crippen molar-refractivity contribution in [3.63, 3.8) is 0 Å². The fraction of sp³-hybridized carbons (Fsp3) is 0.615. The Kier molecular flexibility index (Phi) is 3.31. The second kappa shape index (κ2) is 4.96. The third-order valence-corrected chi connectivity index (χ3v) is 4.66. The van der Waals surface area contributed by atoms with Crippen molar-refractivity contribution >= 4 is 23.1 Å². The maximum atomic E-state index is 10.9. The molecule has 6 heteroatoms. The third kappa shape index (κ3) is 2.52. The minimum Gasteiger partial charge on any atom is -0.364 e. The molecule has 0 amide bonds. The van der Waals surface area contributed by atoms with E-state index in [0.29, 0.717) is 11.7 Å². The van der Waals surface area contributed by atoms with Crippen LogP contribution in [-0.2, 0) is 0 Å². The van der Waals surface area contributed by atoms with Gasteiger partial charge in [-0.1, -0.05) is 18.0 Å². The van der Waals surface area contributed by atoms with Crippen LogP contribution in [0.5, 0.6) is 0 Å². The van der Waals surface area contributed by atoms with E-state index in [1.54, 1.807) is 0 Å². The summed E-state index contributed by atoms with van der Waals surface area (Å²) in [6.07, 6.45) is 5.24. The molecule has 2 aliphatic rings. The van der Waals surface area contributed by atoms with Crippen LogP contribution in [-0.4, -0.2) is 16.5 Å². The molecule has 3 rings (SSSR count). The van der Waals surface area contributed by atoms with E-state index in [-0.39, 0.29) is 10.8 Å². The number of pyridine rings is 1. The van der Waals surface area contributed by atoms with Crippen LogP contribution >= 0.6 is 11.6 Å². The molecule has 1 N–H and O–H groups in total. The van der Waals surface area contributed by atoms with E-state index in [0.717, 1.165) is 18.4 Å². The van der Waals surface area contributed by atoms with Crippen LogP contribution in [0.1, 0.15) is 25.7 Å². The molecule has 3 atom stereocenters. The Morgan fingerprint density at radius 3 is 2.89 bits per heavy atom.